The van der Waals surface area contributed by atoms with E-state index in [1.165, 1.54) is 0 Å². The molecule has 4 unspecified atom stereocenters. The first-order valence-corrected chi connectivity index (χ1v) is 14.0. The van der Waals surface area contributed by atoms with Crippen molar-refractivity contribution in [3.05, 3.63) is 108 Å². The maximum atomic E-state index is 13.2. The first kappa shape index (κ1) is 27.0. The molecule has 2 saturated heterocycles. The van der Waals surface area contributed by atoms with Crippen molar-refractivity contribution >= 4 is 11.7 Å². The van der Waals surface area contributed by atoms with Crippen molar-refractivity contribution in [2.45, 2.75) is 37.2 Å². The number of ether oxygens (including phenoxy) is 1. The number of phenolic OH excluding ortho intramolecular Hbond substituents is 1. The lowest BCUT2D eigenvalue weighted by molar-refractivity contribution is -0.113. The molecule has 4 atom stereocenters. The van der Waals surface area contributed by atoms with Crippen LogP contribution in [0.3, 0.4) is 0 Å². The van der Waals surface area contributed by atoms with E-state index in [-0.39, 0.29) is 36.6 Å². The van der Waals surface area contributed by atoms with E-state index in [0.717, 1.165) is 33.5 Å². The van der Waals surface area contributed by atoms with Crippen LogP contribution in [0, 0.1) is 0 Å². The van der Waals surface area contributed by atoms with Gasteiger partial charge in [0.2, 0.25) is 0 Å². The van der Waals surface area contributed by atoms with Crippen molar-refractivity contribution in [1.29, 1.82) is 0 Å². The Kier molecular flexibility index (Phi) is 7.49. The Labute approximate surface area is 239 Å². The van der Waals surface area contributed by atoms with Crippen LogP contribution in [-0.2, 0) is 4.74 Å². The third-order valence-electron chi connectivity index (χ3n) is 8.13. The molecule has 0 bridgehead atoms. The number of hydrogen-bond acceptors (Lipinski definition) is 5. The number of hydrogen-bond donors (Lipinski definition) is 3. The predicted molar refractivity (Wildman–Crippen MR) is 159 cm³/mol. The molecule has 0 aromatic heterocycles. The molecule has 7 heteroatoms. The molecule has 6 rings (SSSR count). The van der Waals surface area contributed by atoms with Gasteiger partial charge in [0, 0.05) is 37.7 Å². The Morgan fingerprint density at radius 1 is 0.829 bits per heavy atom. The number of aliphatic hydroxyl groups excluding tert-OH is 2. The van der Waals surface area contributed by atoms with Crippen molar-refractivity contribution < 1.29 is 24.9 Å². The Hall–Kier alpha value is -4.17. The quantitative estimate of drug-likeness (QED) is 0.277. The van der Waals surface area contributed by atoms with Gasteiger partial charge in [0.25, 0.3) is 0 Å². The lowest BCUT2D eigenvalue weighted by Crippen LogP contribution is -2.33. The van der Waals surface area contributed by atoms with Crippen LogP contribution in [-0.4, -0.2) is 58.7 Å². The minimum Gasteiger partial charge on any atom is -0.508 e. The second kappa shape index (κ2) is 11.4. The first-order valence-electron chi connectivity index (χ1n) is 14.0. The third kappa shape index (κ3) is 5.44. The van der Waals surface area contributed by atoms with Gasteiger partial charge in [-0.25, -0.2) is 4.79 Å². The van der Waals surface area contributed by atoms with Crippen molar-refractivity contribution in [2.24, 2.45) is 0 Å². The average molecular weight is 551 g/mol. The molecule has 2 heterocycles. The summed E-state index contributed by atoms with van der Waals surface area (Å²) in [4.78, 5) is 16.6. The number of urea groups is 1. The lowest BCUT2D eigenvalue weighted by Gasteiger charge is -2.32. The largest absolute Gasteiger partial charge is 0.508 e. The normalized spacial score (nSPS) is 22.8. The van der Waals surface area contributed by atoms with Gasteiger partial charge in [0.1, 0.15) is 5.75 Å². The van der Waals surface area contributed by atoms with E-state index >= 15 is 0 Å². The number of aromatic hydroxyl groups is 1. The van der Waals surface area contributed by atoms with Gasteiger partial charge in [-0.3, -0.25) is 4.90 Å². The number of aliphatic hydroxyl groups is 2. The van der Waals surface area contributed by atoms with Gasteiger partial charge in [0.05, 0.1) is 31.0 Å². The number of anilines is 1. The molecule has 2 aliphatic rings. The van der Waals surface area contributed by atoms with Crippen molar-refractivity contribution in [2.75, 3.05) is 25.1 Å². The van der Waals surface area contributed by atoms with E-state index in [9.17, 15) is 20.1 Å². The van der Waals surface area contributed by atoms with Crippen LogP contribution >= 0.6 is 0 Å². The SMILES string of the molecule is CN1CC(c2ccc(-c3ccc(C4CC(O)CC(CO)O4)cc3)cc2O)N(c2ccc(-c3ccccc3)cc2)C1=O. The summed E-state index contributed by atoms with van der Waals surface area (Å²) >= 11 is 0. The second-order valence-corrected chi connectivity index (χ2v) is 10.9. The van der Waals surface area contributed by atoms with Gasteiger partial charge in [-0.1, -0.05) is 78.9 Å². The summed E-state index contributed by atoms with van der Waals surface area (Å²) in [6.45, 7) is 0.346. The highest BCUT2D eigenvalue weighted by Crippen LogP contribution is 2.40. The Morgan fingerprint density at radius 2 is 1.46 bits per heavy atom. The fraction of sp³-hybridized carbons (Fsp3) is 0.265. The van der Waals surface area contributed by atoms with Gasteiger partial charge in [-0.2, -0.15) is 0 Å². The zero-order valence-electron chi connectivity index (χ0n) is 22.9. The number of carbonyl (C=O) groups excluding carboxylic acids is 1. The number of phenols is 1. The highest BCUT2D eigenvalue weighted by atomic mass is 16.5. The second-order valence-electron chi connectivity index (χ2n) is 10.9. The molecule has 4 aromatic rings. The summed E-state index contributed by atoms with van der Waals surface area (Å²) in [5, 5.41) is 30.8. The Bertz CT molecular complexity index is 1510. The summed E-state index contributed by atoms with van der Waals surface area (Å²) in [5.41, 5.74) is 6.37. The van der Waals surface area contributed by atoms with Crippen LogP contribution in [0.1, 0.15) is 36.1 Å². The maximum Gasteiger partial charge on any atom is 0.324 e. The van der Waals surface area contributed by atoms with E-state index in [4.69, 9.17) is 4.74 Å². The number of rotatable bonds is 6. The molecule has 2 amide bonds. The molecule has 3 N–H and O–H groups in total. The van der Waals surface area contributed by atoms with Crippen LogP contribution < -0.4 is 4.90 Å². The zero-order valence-corrected chi connectivity index (χ0v) is 22.9. The standard InChI is InChI=1S/C34H34N2O5/c1-35-20-31(36(34(35)40)27-14-11-23(12-15-27)22-5-3-2-4-6-22)30-16-13-26(17-32(30)39)24-7-9-25(10-8-24)33-19-28(38)18-29(21-37)41-33/h2-17,28-29,31,33,37-39H,18-21H2,1H3. The smallest absolute Gasteiger partial charge is 0.324 e. The molecule has 4 aromatic carbocycles. The fourth-order valence-electron chi connectivity index (χ4n) is 5.93. The maximum absolute atomic E-state index is 13.2. The Balaban J connectivity index is 1.23. The molecule has 0 saturated carbocycles. The molecule has 210 valence electrons. The molecule has 0 radical (unpaired) electrons. The number of amides is 2. The van der Waals surface area contributed by atoms with E-state index in [1.54, 1.807) is 22.9 Å². The lowest BCUT2D eigenvalue weighted by atomic mass is 9.94. The monoisotopic (exact) mass is 550 g/mol. The molecule has 2 fully saturated rings. The van der Waals surface area contributed by atoms with Gasteiger partial charge in [-0.05, 0) is 46.0 Å². The van der Waals surface area contributed by atoms with E-state index < -0.39 is 6.10 Å². The van der Waals surface area contributed by atoms with Gasteiger partial charge >= 0.3 is 6.03 Å². The molecule has 2 aliphatic heterocycles. The van der Waals surface area contributed by atoms with E-state index in [2.05, 4.69) is 12.1 Å². The van der Waals surface area contributed by atoms with Crippen LogP contribution in [0.5, 0.6) is 5.75 Å². The van der Waals surface area contributed by atoms with E-state index in [0.29, 0.717) is 24.9 Å². The Morgan fingerprint density at radius 3 is 2.15 bits per heavy atom. The third-order valence-corrected chi connectivity index (χ3v) is 8.13. The average Bonchev–Trinajstić information content (AvgIpc) is 3.30. The molecule has 0 aliphatic carbocycles. The first-order chi connectivity index (χ1) is 19.9. The molecular weight excluding hydrogens is 516 g/mol. The minimum absolute atomic E-state index is 0.111. The summed E-state index contributed by atoms with van der Waals surface area (Å²) in [7, 11) is 1.78. The summed E-state index contributed by atoms with van der Waals surface area (Å²) in [6, 6.07) is 31.1. The fourth-order valence-corrected chi connectivity index (χ4v) is 5.93. The molecule has 7 nitrogen and oxygen atoms in total. The van der Waals surface area contributed by atoms with Crippen LogP contribution in [0.25, 0.3) is 22.3 Å². The predicted octanol–water partition coefficient (Wildman–Crippen LogP) is 5.91. The van der Waals surface area contributed by atoms with Crippen molar-refractivity contribution in [1.82, 2.24) is 4.90 Å². The van der Waals surface area contributed by atoms with Crippen molar-refractivity contribution in [3.63, 3.8) is 0 Å². The van der Waals surface area contributed by atoms with Crippen LogP contribution in [0.15, 0.2) is 97.1 Å². The van der Waals surface area contributed by atoms with Crippen LogP contribution in [0.2, 0.25) is 0 Å². The topological polar surface area (TPSA) is 93.5 Å². The summed E-state index contributed by atoms with van der Waals surface area (Å²) < 4.78 is 5.94. The highest BCUT2D eigenvalue weighted by Gasteiger charge is 2.38. The van der Waals surface area contributed by atoms with Gasteiger partial charge in [0.15, 0.2) is 0 Å². The number of nitrogens with zero attached hydrogens (tertiary/aromatic N) is 2. The molecule has 0 spiro atoms. The van der Waals surface area contributed by atoms with Gasteiger partial charge in [-0.15, -0.1) is 0 Å². The highest BCUT2D eigenvalue weighted by molar-refractivity contribution is 5.95. The van der Waals surface area contributed by atoms with E-state index in [1.807, 2.05) is 78.9 Å². The van der Waals surface area contributed by atoms with Crippen molar-refractivity contribution in [3.8, 4) is 28.0 Å². The van der Waals surface area contributed by atoms with Crippen LogP contribution in [0.4, 0.5) is 10.5 Å². The molecular formula is C34H34N2O5. The summed E-state index contributed by atoms with van der Waals surface area (Å²) in [5.74, 6) is 0.134. The summed E-state index contributed by atoms with van der Waals surface area (Å²) in [6.07, 6.45) is -0.208. The number of benzene rings is 4. The number of carbonyl (C=O) groups is 1. The minimum atomic E-state index is -0.502. The zero-order chi connectivity index (χ0) is 28.5. The van der Waals surface area contributed by atoms with Gasteiger partial charge < -0.3 is 25.0 Å². The number of likely N-dealkylation sites (N-methyl/N-ethyl adjacent to an activating group) is 1. The molecule has 41 heavy (non-hydrogen) atoms.